The van der Waals surface area contributed by atoms with Gasteiger partial charge >= 0.3 is 0 Å². The van der Waals surface area contributed by atoms with E-state index in [0.717, 1.165) is 12.1 Å². The average molecular weight is 392 g/mol. The topological polar surface area (TPSA) is 97.6 Å². The van der Waals surface area contributed by atoms with Crippen molar-refractivity contribution in [2.75, 3.05) is 16.8 Å². The van der Waals surface area contributed by atoms with Gasteiger partial charge in [-0.15, -0.1) is 0 Å². The maximum atomic E-state index is 12.8. The fourth-order valence-electron chi connectivity index (χ4n) is 3.19. The SMILES string of the molecule is Cc1nc(COc2ccccc2C(=O)Nc2cccc(N3CCCC3=O)c2)no1. The molecule has 29 heavy (non-hydrogen) atoms. The molecule has 1 saturated heterocycles. The number of hydrogen-bond acceptors (Lipinski definition) is 6. The number of carbonyl (C=O) groups excluding carboxylic acids is 2. The Morgan fingerprint density at radius 2 is 2.10 bits per heavy atom. The zero-order chi connectivity index (χ0) is 20.2. The summed E-state index contributed by atoms with van der Waals surface area (Å²) in [5.41, 5.74) is 1.77. The lowest BCUT2D eigenvalue weighted by Crippen LogP contribution is -2.23. The lowest BCUT2D eigenvalue weighted by Gasteiger charge is -2.17. The number of carbonyl (C=O) groups is 2. The standard InChI is InChI=1S/C21H20N4O4/c1-14-22-19(24-29-14)13-28-18-9-3-2-8-17(18)21(27)23-15-6-4-7-16(12-15)25-11-5-10-20(25)26/h2-4,6-9,12H,5,10-11,13H2,1H3,(H,23,27). The van der Waals surface area contributed by atoms with Crippen LogP contribution in [0.5, 0.6) is 5.75 Å². The number of nitrogens with zero attached hydrogens (tertiary/aromatic N) is 3. The minimum Gasteiger partial charge on any atom is -0.485 e. The van der Waals surface area contributed by atoms with Gasteiger partial charge in [-0.2, -0.15) is 4.98 Å². The van der Waals surface area contributed by atoms with E-state index >= 15 is 0 Å². The fourth-order valence-corrected chi connectivity index (χ4v) is 3.19. The van der Waals surface area contributed by atoms with Gasteiger partial charge in [-0.1, -0.05) is 23.4 Å². The Morgan fingerprint density at radius 1 is 1.24 bits per heavy atom. The van der Waals surface area contributed by atoms with E-state index in [9.17, 15) is 9.59 Å². The second-order valence-corrected chi connectivity index (χ2v) is 6.67. The summed E-state index contributed by atoms with van der Waals surface area (Å²) >= 11 is 0. The van der Waals surface area contributed by atoms with Crippen LogP contribution in [0, 0.1) is 6.92 Å². The van der Waals surface area contributed by atoms with Gasteiger partial charge in [0.05, 0.1) is 5.56 Å². The summed E-state index contributed by atoms with van der Waals surface area (Å²) in [6, 6.07) is 14.2. The van der Waals surface area contributed by atoms with E-state index in [0.29, 0.717) is 41.7 Å². The van der Waals surface area contributed by atoms with Gasteiger partial charge in [-0.05, 0) is 36.8 Å². The highest BCUT2D eigenvalue weighted by Gasteiger charge is 2.22. The lowest BCUT2D eigenvalue weighted by molar-refractivity contribution is -0.117. The zero-order valence-corrected chi connectivity index (χ0v) is 15.9. The van der Waals surface area contributed by atoms with Gasteiger partial charge in [-0.25, -0.2) is 0 Å². The van der Waals surface area contributed by atoms with Crippen molar-refractivity contribution in [3.63, 3.8) is 0 Å². The quantitative estimate of drug-likeness (QED) is 0.691. The molecule has 0 atom stereocenters. The molecule has 1 aliphatic heterocycles. The number of hydrogen-bond donors (Lipinski definition) is 1. The van der Waals surface area contributed by atoms with Crippen molar-refractivity contribution < 1.29 is 18.8 Å². The van der Waals surface area contributed by atoms with Crippen LogP contribution in [0.4, 0.5) is 11.4 Å². The highest BCUT2D eigenvalue weighted by atomic mass is 16.5. The molecule has 2 amide bonds. The van der Waals surface area contributed by atoms with E-state index in [1.807, 2.05) is 12.1 Å². The predicted octanol–water partition coefficient (Wildman–Crippen LogP) is 3.34. The summed E-state index contributed by atoms with van der Waals surface area (Å²) in [5, 5.41) is 6.66. The van der Waals surface area contributed by atoms with Gasteiger partial charge in [0.2, 0.25) is 17.6 Å². The van der Waals surface area contributed by atoms with E-state index in [4.69, 9.17) is 9.26 Å². The summed E-state index contributed by atoms with van der Waals surface area (Å²) < 4.78 is 10.6. The minimum absolute atomic E-state index is 0.0915. The first kappa shape index (κ1) is 18.7. The first-order valence-corrected chi connectivity index (χ1v) is 9.33. The first-order chi connectivity index (χ1) is 14.1. The molecule has 8 heteroatoms. The van der Waals surface area contributed by atoms with Crippen molar-refractivity contribution >= 4 is 23.2 Å². The number of rotatable bonds is 6. The first-order valence-electron chi connectivity index (χ1n) is 9.33. The van der Waals surface area contributed by atoms with Gasteiger partial charge in [0.15, 0.2) is 6.61 Å². The van der Waals surface area contributed by atoms with Crippen molar-refractivity contribution in [1.29, 1.82) is 0 Å². The van der Waals surface area contributed by atoms with Crippen molar-refractivity contribution in [2.24, 2.45) is 0 Å². The molecule has 0 saturated carbocycles. The molecule has 1 aliphatic rings. The number of benzene rings is 2. The molecular weight excluding hydrogens is 372 g/mol. The molecule has 4 rings (SSSR count). The third-order valence-electron chi connectivity index (χ3n) is 4.55. The molecular formula is C21H20N4O4. The fraction of sp³-hybridized carbons (Fsp3) is 0.238. The van der Waals surface area contributed by atoms with Gasteiger partial charge in [0.25, 0.3) is 5.91 Å². The Kier molecular flexibility index (Phi) is 5.24. The molecule has 2 heterocycles. The van der Waals surface area contributed by atoms with E-state index in [1.54, 1.807) is 48.2 Å². The number of anilines is 2. The number of amides is 2. The largest absolute Gasteiger partial charge is 0.485 e. The monoisotopic (exact) mass is 392 g/mol. The molecule has 0 bridgehead atoms. The normalized spacial score (nSPS) is 13.6. The summed E-state index contributed by atoms with van der Waals surface area (Å²) in [6.07, 6.45) is 1.40. The van der Waals surface area contributed by atoms with Gasteiger partial charge in [-0.3, -0.25) is 9.59 Å². The summed E-state index contributed by atoms with van der Waals surface area (Å²) in [5.74, 6) is 1.06. The molecule has 1 N–H and O–H groups in total. The Labute approximate surface area is 167 Å². The summed E-state index contributed by atoms with van der Waals surface area (Å²) in [6.45, 7) is 2.48. The highest BCUT2D eigenvalue weighted by molar-refractivity contribution is 6.06. The molecule has 0 unspecified atom stereocenters. The third-order valence-corrected chi connectivity index (χ3v) is 4.55. The van der Waals surface area contributed by atoms with Crippen LogP contribution >= 0.6 is 0 Å². The van der Waals surface area contributed by atoms with Crippen molar-refractivity contribution in [2.45, 2.75) is 26.4 Å². The van der Waals surface area contributed by atoms with Crippen molar-refractivity contribution in [1.82, 2.24) is 10.1 Å². The van der Waals surface area contributed by atoms with E-state index in [-0.39, 0.29) is 18.4 Å². The molecule has 148 valence electrons. The maximum Gasteiger partial charge on any atom is 0.259 e. The lowest BCUT2D eigenvalue weighted by atomic mass is 10.1. The van der Waals surface area contributed by atoms with Crippen molar-refractivity contribution in [3.05, 3.63) is 65.8 Å². The maximum absolute atomic E-state index is 12.8. The Balaban J connectivity index is 1.48. The minimum atomic E-state index is -0.310. The summed E-state index contributed by atoms with van der Waals surface area (Å²) in [7, 11) is 0. The van der Waals surface area contributed by atoms with Gasteiger partial charge in [0, 0.05) is 31.3 Å². The van der Waals surface area contributed by atoms with Crippen LogP contribution in [-0.4, -0.2) is 28.5 Å². The van der Waals surface area contributed by atoms with Crippen LogP contribution in [0.15, 0.2) is 53.1 Å². The van der Waals surface area contributed by atoms with Gasteiger partial charge in [0.1, 0.15) is 5.75 Å². The average Bonchev–Trinajstić information content (AvgIpc) is 3.34. The predicted molar refractivity (Wildman–Crippen MR) is 106 cm³/mol. The smallest absolute Gasteiger partial charge is 0.259 e. The Morgan fingerprint density at radius 3 is 2.86 bits per heavy atom. The van der Waals surface area contributed by atoms with E-state index in [1.165, 1.54) is 0 Å². The molecule has 1 fully saturated rings. The van der Waals surface area contributed by atoms with E-state index < -0.39 is 0 Å². The van der Waals surface area contributed by atoms with Crippen LogP contribution in [0.2, 0.25) is 0 Å². The molecule has 8 nitrogen and oxygen atoms in total. The third kappa shape index (κ3) is 4.26. The number of para-hydroxylation sites is 1. The molecule has 0 aliphatic carbocycles. The number of nitrogens with one attached hydrogen (secondary N) is 1. The Bertz CT molecular complexity index is 1050. The van der Waals surface area contributed by atoms with E-state index in [2.05, 4.69) is 15.5 Å². The van der Waals surface area contributed by atoms with Crippen LogP contribution in [0.25, 0.3) is 0 Å². The number of aromatic nitrogens is 2. The number of aryl methyl sites for hydroxylation is 1. The highest BCUT2D eigenvalue weighted by Crippen LogP contribution is 2.26. The van der Waals surface area contributed by atoms with Gasteiger partial charge < -0.3 is 19.5 Å². The zero-order valence-electron chi connectivity index (χ0n) is 15.9. The van der Waals surface area contributed by atoms with Crippen LogP contribution in [0.3, 0.4) is 0 Å². The second-order valence-electron chi connectivity index (χ2n) is 6.67. The van der Waals surface area contributed by atoms with Crippen LogP contribution in [-0.2, 0) is 11.4 Å². The van der Waals surface area contributed by atoms with Crippen LogP contribution < -0.4 is 15.0 Å². The Hall–Kier alpha value is -3.68. The molecule has 0 spiro atoms. The molecule has 3 aromatic rings. The second kappa shape index (κ2) is 8.14. The molecule has 0 radical (unpaired) electrons. The molecule has 2 aromatic carbocycles. The van der Waals surface area contributed by atoms with Crippen molar-refractivity contribution in [3.8, 4) is 5.75 Å². The molecule has 1 aromatic heterocycles. The van der Waals surface area contributed by atoms with Crippen LogP contribution in [0.1, 0.15) is 34.9 Å². The summed E-state index contributed by atoms with van der Waals surface area (Å²) in [4.78, 5) is 30.6. The number of ether oxygens (including phenoxy) is 1.